The normalized spacial score (nSPS) is 21.2. The molecule has 5 atom stereocenters. The molecule has 12 nitrogen and oxygen atoms in total. The van der Waals surface area contributed by atoms with Crippen molar-refractivity contribution in [2.24, 2.45) is 22.7 Å². The van der Waals surface area contributed by atoms with Gasteiger partial charge in [0.05, 0.1) is 41.7 Å². The van der Waals surface area contributed by atoms with Crippen molar-refractivity contribution in [1.29, 1.82) is 0 Å². The maximum Gasteiger partial charge on any atom is 0.407 e. The van der Waals surface area contributed by atoms with E-state index in [0.29, 0.717) is 35.5 Å². The molecule has 0 radical (unpaired) electrons. The summed E-state index contributed by atoms with van der Waals surface area (Å²) in [5.74, 6) is 0.105. The lowest BCUT2D eigenvalue weighted by Gasteiger charge is -2.31. The number of nitrogens with one attached hydrogen (secondary N) is 2. The Bertz CT molecular complexity index is 1640. The van der Waals surface area contributed by atoms with E-state index in [2.05, 4.69) is 15.3 Å². The number of ether oxygens (including phenoxy) is 3. The van der Waals surface area contributed by atoms with Gasteiger partial charge in [0.2, 0.25) is 10.0 Å². The summed E-state index contributed by atoms with van der Waals surface area (Å²) in [5, 5.41) is 25.5. The number of aromatic hydroxyl groups is 1. The van der Waals surface area contributed by atoms with Crippen molar-refractivity contribution < 1.29 is 37.6 Å². The minimum atomic E-state index is -4.13. The van der Waals surface area contributed by atoms with Gasteiger partial charge in [0.25, 0.3) is 0 Å². The summed E-state index contributed by atoms with van der Waals surface area (Å²) < 4.78 is 46.4. The molecule has 2 fully saturated rings. The largest absolute Gasteiger partial charge is 0.494 e. The zero-order valence-electron chi connectivity index (χ0n) is 27.3. The van der Waals surface area contributed by atoms with Crippen LogP contribution < -0.4 is 5.32 Å². The predicted octanol–water partition coefficient (Wildman–Crippen LogP) is 4.05. The molecule has 1 amide bonds. The van der Waals surface area contributed by atoms with Crippen LogP contribution in [0.2, 0.25) is 0 Å². The van der Waals surface area contributed by atoms with E-state index in [1.54, 1.807) is 12.3 Å². The molecule has 5 rings (SSSR count). The highest BCUT2D eigenvalue weighted by Crippen LogP contribution is 2.33. The van der Waals surface area contributed by atoms with Gasteiger partial charge < -0.3 is 34.7 Å². The summed E-state index contributed by atoms with van der Waals surface area (Å²) >= 11 is 0. The fraction of sp³-hybridized carbons (Fsp3) is 0.529. The van der Waals surface area contributed by atoms with Crippen LogP contribution in [0.25, 0.3) is 10.9 Å². The number of amides is 1. The van der Waals surface area contributed by atoms with Gasteiger partial charge in [-0.1, -0.05) is 58.0 Å². The van der Waals surface area contributed by atoms with Crippen molar-refractivity contribution in [2.75, 3.05) is 32.8 Å². The second-order valence-electron chi connectivity index (χ2n) is 13.2. The number of hydrogen-bond acceptors (Lipinski definition) is 9. The van der Waals surface area contributed by atoms with Gasteiger partial charge in [-0.25, -0.2) is 13.2 Å². The Morgan fingerprint density at radius 2 is 1.89 bits per heavy atom. The quantitative estimate of drug-likeness (QED) is 0.187. The molecule has 2 aliphatic rings. The van der Waals surface area contributed by atoms with Crippen molar-refractivity contribution >= 4 is 33.2 Å². The molecule has 0 unspecified atom stereocenters. The Morgan fingerprint density at radius 3 is 2.62 bits per heavy atom. The number of nitrogens with zero attached hydrogens (tertiary/aromatic N) is 2. The Kier molecular flexibility index (Phi) is 11.2. The van der Waals surface area contributed by atoms with Crippen molar-refractivity contribution in [3.8, 4) is 5.88 Å². The van der Waals surface area contributed by atoms with Gasteiger partial charge in [-0.2, -0.15) is 4.31 Å². The fourth-order valence-corrected chi connectivity index (χ4v) is 7.66. The standard InChI is InChI=1S/C34H46N4O8S/c1-21(2)16-35-17-27-26-15-24(10-11-28(26)36-32(27)40)47(42,43)38(18-22(3)4)19-30(39)29(14-23-8-6-5-7-9-23)37-34(41)46-31-20-45-33-25(31)12-13-44-33/h5-11,15,17,21-22,25,29-31,33,36,39-40H,12-14,16,18-20H2,1-4H3,(H,37,41)/t25-,29-,30+,31-,33+/m0/s1. The van der Waals surface area contributed by atoms with Crippen molar-refractivity contribution in [3.05, 3.63) is 59.7 Å². The number of fused-ring (bicyclic) bond motifs is 2. The number of hydrogen-bond donors (Lipinski definition) is 4. The molecule has 0 spiro atoms. The van der Waals surface area contributed by atoms with Crippen LogP contribution in [0, 0.1) is 17.8 Å². The maximum absolute atomic E-state index is 14.2. The first kappa shape index (κ1) is 34.8. The van der Waals surface area contributed by atoms with E-state index >= 15 is 0 Å². The molecular weight excluding hydrogens is 624 g/mol. The van der Waals surface area contributed by atoms with E-state index < -0.39 is 34.4 Å². The van der Waals surface area contributed by atoms with Crippen LogP contribution in [0.5, 0.6) is 5.88 Å². The number of carbonyl (C=O) groups is 1. The summed E-state index contributed by atoms with van der Waals surface area (Å²) in [6, 6.07) is 13.1. The number of alkyl carbamates (subject to hydrolysis) is 1. The van der Waals surface area contributed by atoms with Gasteiger partial charge in [-0.05, 0) is 48.4 Å². The average molecular weight is 671 g/mol. The molecule has 0 aliphatic carbocycles. The van der Waals surface area contributed by atoms with Gasteiger partial charge in [0, 0.05) is 36.8 Å². The minimum Gasteiger partial charge on any atom is -0.494 e. The van der Waals surface area contributed by atoms with Crippen molar-refractivity contribution in [3.63, 3.8) is 0 Å². The molecule has 1 aromatic heterocycles. The lowest BCUT2D eigenvalue weighted by Crippen LogP contribution is -2.51. The van der Waals surface area contributed by atoms with Crippen LogP contribution in [-0.2, 0) is 30.7 Å². The third kappa shape index (κ3) is 8.52. The first-order chi connectivity index (χ1) is 22.4. The molecule has 256 valence electrons. The number of aliphatic hydroxyl groups excluding tert-OH is 1. The van der Waals surface area contributed by atoms with Gasteiger partial charge in [0.1, 0.15) is 6.10 Å². The van der Waals surface area contributed by atoms with Gasteiger partial charge >= 0.3 is 6.09 Å². The highest BCUT2D eigenvalue weighted by Gasteiger charge is 2.44. The number of aromatic nitrogens is 1. The first-order valence-electron chi connectivity index (χ1n) is 16.2. The molecule has 0 saturated carbocycles. The lowest BCUT2D eigenvalue weighted by molar-refractivity contribution is -0.0907. The maximum atomic E-state index is 14.2. The fourth-order valence-electron chi connectivity index (χ4n) is 6.01. The number of H-pyrrole nitrogens is 1. The zero-order valence-corrected chi connectivity index (χ0v) is 28.2. The summed E-state index contributed by atoms with van der Waals surface area (Å²) in [6.07, 6.45) is -0.329. The highest BCUT2D eigenvalue weighted by atomic mass is 32.2. The second kappa shape index (κ2) is 15.2. The van der Waals surface area contributed by atoms with Gasteiger partial charge in [0.15, 0.2) is 12.2 Å². The van der Waals surface area contributed by atoms with Crippen LogP contribution >= 0.6 is 0 Å². The van der Waals surface area contributed by atoms with E-state index in [0.717, 1.165) is 12.0 Å². The van der Waals surface area contributed by atoms with Gasteiger partial charge in [-0.15, -0.1) is 0 Å². The number of benzene rings is 2. The summed E-state index contributed by atoms with van der Waals surface area (Å²) in [6.45, 7) is 9.02. The van der Waals surface area contributed by atoms with Crippen LogP contribution in [-0.4, -0.2) is 97.6 Å². The van der Waals surface area contributed by atoms with Gasteiger partial charge in [-0.3, -0.25) is 4.99 Å². The third-order valence-electron chi connectivity index (χ3n) is 8.39. The van der Waals surface area contributed by atoms with Crippen LogP contribution in [0.4, 0.5) is 4.79 Å². The Labute approximate surface area is 276 Å². The third-order valence-corrected chi connectivity index (χ3v) is 10.2. The Hall–Kier alpha value is -3.49. The topological polar surface area (TPSA) is 163 Å². The monoisotopic (exact) mass is 670 g/mol. The predicted molar refractivity (Wildman–Crippen MR) is 178 cm³/mol. The summed E-state index contributed by atoms with van der Waals surface area (Å²) in [7, 11) is -4.13. The summed E-state index contributed by atoms with van der Waals surface area (Å²) in [5.41, 5.74) is 1.83. The molecule has 2 saturated heterocycles. The van der Waals surface area contributed by atoms with Crippen LogP contribution in [0.3, 0.4) is 0 Å². The molecular formula is C34H46N4O8S. The molecule has 2 aliphatic heterocycles. The molecule has 0 bridgehead atoms. The number of aliphatic hydroxyl groups is 1. The lowest BCUT2D eigenvalue weighted by atomic mass is 10.0. The smallest absolute Gasteiger partial charge is 0.407 e. The summed E-state index contributed by atoms with van der Waals surface area (Å²) in [4.78, 5) is 20.4. The molecule has 2 aromatic carbocycles. The molecule has 4 N–H and O–H groups in total. The second-order valence-corrected chi connectivity index (χ2v) is 15.1. The van der Waals surface area contributed by atoms with E-state index in [9.17, 15) is 23.4 Å². The molecule has 3 aromatic rings. The van der Waals surface area contributed by atoms with E-state index in [4.69, 9.17) is 14.2 Å². The van der Waals surface area contributed by atoms with Crippen molar-refractivity contribution in [2.45, 2.75) is 70.0 Å². The van der Waals surface area contributed by atoms with E-state index in [1.807, 2.05) is 58.0 Å². The van der Waals surface area contributed by atoms with Crippen LogP contribution in [0.1, 0.15) is 45.2 Å². The molecule has 3 heterocycles. The Morgan fingerprint density at radius 1 is 1.13 bits per heavy atom. The van der Waals surface area contributed by atoms with Crippen LogP contribution in [0.15, 0.2) is 58.4 Å². The van der Waals surface area contributed by atoms with Crippen molar-refractivity contribution in [1.82, 2.24) is 14.6 Å². The molecule has 47 heavy (non-hydrogen) atoms. The number of rotatable bonds is 14. The SMILES string of the molecule is CC(C)CN=Cc1c(O)[nH]c2ccc(S(=O)(=O)N(CC(C)C)C[C@@H](O)[C@H](Cc3ccccc3)NC(=O)O[C@H]3CO[C@H]4OCC[C@H]43)cc12. The van der Waals surface area contributed by atoms with E-state index in [1.165, 1.54) is 16.4 Å². The minimum absolute atomic E-state index is 0.0110. The number of aromatic amines is 1. The van der Waals surface area contributed by atoms with E-state index in [-0.39, 0.29) is 55.0 Å². The number of sulfonamides is 1. The first-order valence-corrected chi connectivity index (χ1v) is 17.6. The highest BCUT2D eigenvalue weighted by molar-refractivity contribution is 7.89. The Balaban J connectivity index is 1.38. The number of carbonyl (C=O) groups excluding carboxylic acids is 1. The zero-order chi connectivity index (χ0) is 33.7. The molecule has 13 heteroatoms. The number of aliphatic imine (C=N–C) groups is 1. The average Bonchev–Trinajstić information content (AvgIpc) is 3.72.